The third-order valence-electron chi connectivity index (χ3n) is 2.22. The van der Waals surface area contributed by atoms with Crippen LogP contribution in [-0.2, 0) is 17.8 Å². The summed E-state index contributed by atoms with van der Waals surface area (Å²) in [7, 11) is 0. The smallest absolute Gasteiger partial charge is 0.306 e. The van der Waals surface area contributed by atoms with E-state index in [2.05, 4.69) is 0 Å². The molecule has 76 valence electrons. The van der Waals surface area contributed by atoms with Crippen LogP contribution in [0.1, 0.15) is 18.1 Å². The maximum absolute atomic E-state index is 10.6. The molecule has 1 rings (SSSR count). The second kappa shape index (κ2) is 4.77. The highest BCUT2D eigenvalue weighted by molar-refractivity contribution is 5.69. The average Bonchev–Trinajstić information content (AvgIpc) is 2.19. The van der Waals surface area contributed by atoms with Crippen molar-refractivity contribution in [3.05, 3.63) is 35.4 Å². The number of hydrogen-bond acceptors (Lipinski definition) is 2. The molecule has 0 aromatic heterocycles. The van der Waals surface area contributed by atoms with Gasteiger partial charge in [0.15, 0.2) is 0 Å². The minimum absolute atomic E-state index is 0.335. The Morgan fingerprint density at radius 1 is 1.36 bits per heavy atom. The first-order valence-electron chi connectivity index (χ1n) is 4.64. The number of aliphatic carboxylic acids is 1. The molecule has 0 spiro atoms. The molecule has 0 saturated heterocycles. The highest BCUT2D eigenvalue weighted by Crippen LogP contribution is 2.10. The number of carbonyl (C=O) groups is 1. The van der Waals surface area contributed by atoms with E-state index < -0.39 is 5.97 Å². The second-order valence-corrected chi connectivity index (χ2v) is 3.46. The largest absolute Gasteiger partial charge is 0.481 e. The van der Waals surface area contributed by atoms with Crippen molar-refractivity contribution in [3.63, 3.8) is 0 Å². The van der Waals surface area contributed by atoms with Crippen LogP contribution in [0.15, 0.2) is 24.3 Å². The standard InChI is InChI=1S/C11H15NO2/c1-8(11(13)14)6-9-2-4-10(7-12)5-3-9/h2-5,8H,6-7,12H2,1H3,(H,13,14)/t8-/m1/s1. The van der Waals surface area contributed by atoms with Gasteiger partial charge in [0.25, 0.3) is 0 Å². The van der Waals surface area contributed by atoms with Gasteiger partial charge in [0.1, 0.15) is 0 Å². The normalized spacial score (nSPS) is 12.4. The molecule has 0 aliphatic carbocycles. The fourth-order valence-corrected chi connectivity index (χ4v) is 1.25. The summed E-state index contributed by atoms with van der Waals surface area (Å²) in [5, 5.41) is 8.72. The highest BCUT2D eigenvalue weighted by atomic mass is 16.4. The van der Waals surface area contributed by atoms with Crippen LogP contribution in [0, 0.1) is 5.92 Å². The first kappa shape index (κ1) is 10.7. The van der Waals surface area contributed by atoms with Crippen LogP contribution in [0.2, 0.25) is 0 Å². The summed E-state index contributed by atoms with van der Waals surface area (Å²) in [5.74, 6) is -1.09. The van der Waals surface area contributed by atoms with Gasteiger partial charge in [0.05, 0.1) is 5.92 Å². The van der Waals surface area contributed by atoms with Crippen LogP contribution >= 0.6 is 0 Å². The van der Waals surface area contributed by atoms with Crippen molar-refractivity contribution >= 4 is 5.97 Å². The van der Waals surface area contributed by atoms with Gasteiger partial charge < -0.3 is 10.8 Å². The van der Waals surface area contributed by atoms with E-state index in [1.807, 2.05) is 24.3 Å². The van der Waals surface area contributed by atoms with E-state index in [9.17, 15) is 4.79 Å². The molecule has 0 fully saturated rings. The molecule has 0 radical (unpaired) electrons. The van der Waals surface area contributed by atoms with Gasteiger partial charge in [-0.05, 0) is 17.5 Å². The molecule has 0 saturated carbocycles. The molecule has 1 atom stereocenters. The quantitative estimate of drug-likeness (QED) is 0.759. The third-order valence-corrected chi connectivity index (χ3v) is 2.22. The second-order valence-electron chi connectivity index (χ2n) is 3.46. The first-order valence-corrected chi connectivity index (χ1v) is 4.64. The van der Waals surface area contributed by atoms with Crippen molar-refractivity contribution in [1.82, 2.24) is 0 Å². The molecule has 14 heavy (non-hydrogen) atoms. The van der Waals surface area contributed by atoms with Crippen LogP contribution in [0.3, 0.4) is 0 Å². The lowest BCUT2D eigenvalue weighted by molar-refractivity contribution is -0.141. The molecule has 0 amide bonds. The van der Waals surface area contributed by atoms with Gasteiger partial charge in [-0.25, -0.2) is 0 Å². The Hall–Kier alpha value is -1.35. The van der Waals surface area contributed by atoms with Crippen LogP contribution < -0.4 is 5.73 Å². The van der Waals surface area contributed by atoms with Gasteiger partial charge in [-0.15, -0.1) is 0 Å². The van der Waals surface area contributed by atoms with Gasteiger partial charge in [-0.1, -0.05) is 31.2 Å². The fourth-order valence-electron chi connectivity index (χ4n) is 1.25. The Balaban J connectivity index is 2.64. The molecule has 0 bridgehead atoms. The van der Waals surface area contributed by atoms with Crippen molar-refractivity contribution < 1.29 is 9.90 Å². The maximum atomic E-state index is 10.6. The summed E-state index contributed by atoms with van der Waals surface area (Å²) in [6, 6.07) is 7.73. The fraction of sp³-hybridized carbons (Fsp3) is 0.364. The number of hydrogen-bond donors (Lipinski definition) is 2. The topological polar surface area (TPSA) is 63.3 Å². The van der Waals surface area contributed by atoms with E-state index in [-0.39, 0.29) is 5.92 Å². The number of benzene rings is 1. The lowest BCUT2D eigenvalue weighted by Crippen LogP contribution is -2.12. The Labute approximate surface area is 83.6 Å². The van der Waals surface area contributed by atoms with Gasteiger partial charge in [-0.2, -0.15) is 0 Å². The molecule has 0 heterocycles. The molecular weight excluding hydrogens is 178 g/mol. The van der Waals surface area contributed by atoms with Crippen molar-refractivity contribution in [1.29, 1.82) is 0 Å². The predicted molar refractivity (Wildman–Crippen MR) is 54.8 cm³/mol. The predicted octanol–water partition coefficient (Wildman–Crippen LogP) is 1.41. The van der Waals surface area contributed by atoms with E-state index >= 15 is 0 Å². The monoisotopic (exact) mass is 193 g/mol. The zero-order valence-electron chi connectivity index (χ0n) is 8.23. The van der Waals surface area contributed by atoms with Crippen LogP contribution in [0.4, 0.5) is 0 Å². The number of carboxylic acid groups (broad SMARTS) is 1. The van der Waals surface area contributed by atoms with E-state index in [4.69, 9.17) is 10.8 Å². The van der Waals surface area contributed by atoms with Gasteiger partial charge >= 0.3 is 5.97 Å². The zero-order valence-corrected chi connectivity index (χ0v) is 8.23. The summed E-state index contributed by atoms with van der Waals surface area (Å²) in [6.45, 7) is 2.23. The number of nitrogens with two attached hydrogens (primary N) is 1. The lowest BCUT2D eigenvalue weighted by Gasteiger charge is -2.06. The summed E-state index contributed by atoms with van der Waals surface area (Å²) in [4.78, 5) is 10.6. The molecule has 0 unspecified atom stereocenters. The molecule has 1 aromatic rings. The Morgan fingerprint density at radius 3 is 2.29 bits per heavy atom. The van der Waals surface area contributed by atoms with E-state index in [1.165, 1.54) is 0 Å². The molecule has 0 aliphatic heterocycles. The van der Waals surface area contributed by atoms with E-state index in [0.29, 0.717) is 13.0 Å². The number of rotatable bonds is 4. The zero-order chi connectivity index (χ0) is 10.6. The van der Waals surface area contributed by atoms with Crippen LogP contribution in [0.25, 0.3) is 0 Å². The highest BCUT2D eigenvalue weighted by Gasteiger charge is 2.10. The Morgan fingerprint density at radius 2 is 1.86 bits per heavy atom. The van der Waals surface area contributed by atoms with Crippen molar-refractivity contribution in [2.75, 3.05) is 0 Å². The van der Waals surface area contributed by atoms with Gasteiger partial charge in [-0.3, -0.25) is 4.79 Å². The SMILES string of the molecule is C[C@H](Cc1ccc(CN)cc1)C(=O)O. The summed E-state index contributed by atoms with van der Waals surface area (Å²) in [6.07, 6.45) is 0.570. The molecule has 3 nitrogen and oxygen atoms in total. The van der Waals surface area contributed by atoms with Crippen LogP contribution in [-0.4, -0.2) is 11.1 Å². The number of carboxylic acids is 1. The third kappa shape index (κ3) is 2.85. The van der Waals surface area contributed by atoms with E-state index in [0.717, 1.165) is 11.1 Å². The summed E-state index contributed by atoms with van der Waals surface area (Å²) in [5.41, 5.74) is 7.56. The summed E-state index contributed by atoms with van der Waals surface area (Å²) >= 11 is 0. The minimum atomic E-state index is -0.757. The molecule has 3 N–H and O–H groups in total. The van der Waals surface area contributed by atoms with Crippen molar-refractivity contribution in [2.45, 2.75) is 19.9 Å². The van der Waals surface area contributed by atoms with Crippen LogP contribution in [0.5, 0.6) is 0 Å². The molecule has 1 aromatic carbocycles. The minimum Gasteiger partial charge on any atom is -0.481 e. The molecule has 3 heteroatoms. The summed E-state index contributed by atoms with van der Waals surface area (Å²) < 4.78 is 0. The van der Waals surface area contributed by atoms with Gasteiger partial charge in [0, 0.05) is 6.54 Å². The Kier molecular flexibility index (Phi) is 3.65. The molecular formula is C11H15NO2. The van der Waals surface area contributed by atoms with Gasteiger partial charge in [0.2, 0.25) is 0 Å². The van der Waals surface area contributed by atoms with Crippen molar-refractivity contribution in [2.24, 2.45) is 11.7 Å². The maximum Gasteiger partial charge on any atom is 0.306 e. The Bertz CT molecular complexity index is 306. The first-order chi connectivity index (χ1) is 6.63. The lowest BCUT2D eigenvalue weighted by atomic mass is 10.0. The van der Waals surface area contributed by atoms with Crippen molar-refractivity contribution in [3.8, 4) is 0 Å². The molecule has 0 aliphatic rings. The average molecular weight is 193 g/mol. The van der Waals surface area contributed by atoms with E-state index in [1.54, 1.807) is 6.92 Å².